The number of halogens is 3. The van der Waals surface area contributed by atoms with E-state index in [1.54, 1.807) is 0 Å². The van der Waals surface area contributed by atoms with Crippen LogP contribution in [-0.4, -0.2) is 46.9 Å². The maximum absolute atomic E-state index is 12.1. The quantitative estimate of drug-likeness (QED) is 0.858. The molecule has 1 saturated heterocycles. The number of nitrogens with zero attached hydrogens (tertiary/aromatic N) is 1. The van der Waals surface area contributed by atoms with Crippen molar-refractivity contribution in [3.05, 3.63) is 29.8 Å². The van der Waals surface area contributed by atoms with Crippen molar-refractivity contribution in [1.29, 1.82) is 0 Å². The van der Waals surface area contributed by atoms with Gasteiger partial charge in [0.05, 0.1) is 6.10 Å². The van der Waals surface area contributed by atoms with Crippen LogP contribution in [0.3, 0.4) is 0 Å². The highest BCUT2D eigenvalue weighted by atomic mass is 19.4. The zero-order valence-corrected chi connectivity index (χ0v) is 12.8. The molecule has 6 nitrogen and oxygen atoms in total. The summed E-state index contributed by atoms with van der Waals surface area (Å²) in [4.78, 5) is 24.9. The summed E-state index contributed by atoms with van der Waals surface area (Å²) < 4.78 is 40.0. The molecule has 1 aliphatic rings. The van der Waals surface area contributed by atoms with Crippen LogP contribution in [0, 0.1) is 0 Å². The van der Waals surface area contributed by atoms with E-state index >= 15 is 0 Å². The molecule has 2 atom stereocenters. The van der Waals surface area contributed by atoms with Crippen molar-refractivity contribution in [3.63, 3.8) is 0 Å². The highest BCUT2D eigenvalue weighted by Gasteiger charge is 2.37. The summed E-state index contributed by atoms with van der Waals surface area (Å²) >= 11 is 0. The van der Waals surface area contributed by atoms with Gasteiger partial charge in [-0.2, -0.15) is 0 Å². The van der Waals surface area contributed by atoms with Crippen molar-refractivity contribution in [1.82, 2.24) is 10.2 Å². The molecule has 2 rings (SSSR count). The van der Waals surface area contributed by atoms with Crippen molar-refractivity contribution in [3.8, 4) is 5.75 Å². The van der Waals surface area contributed by atoms with Crippen molar-refractivity contribution in [2.24, 2.45) is 0 Å². The van der Waals surface area contributed by atoms with E-state index in [9.17, 15) is 27.9 Å². The smallest absolute Gasteiger partial charge is 0.406 e. The first-order chi connectivity index (χ1) is 11.2. The van der Waals surface area contributed by atoms with Crippen LogP contribution in [0.2, 0.25) is 0 Å². The normalized spacial score (nSPS) is 20.8. The number of benzene rings is 1. The summed E-state index contributed by atoms with van der Waals surface area (Å²) in [6.07, 6.45) is -5.35. The molecular weight excluding hydrogens is 329 g/mol. The predicted octanol–water partition coefficient (Wildman–Crippen LogP) is 1.18. The van der Waals surface area contributed by atoms with Crippen molar-refractivity contribution in [2.45, 2.75) is 38.4 Å². The predicted molar refractivity (Wildman–Crippen MR) is 76.8 cm³/mol. The highest BCUT2D eigenvalue weighted by molar-refractivity contribution is 5.87. The molecule has 132 valence electrons. The Morgan fingerprint density at radius 1 is 1.33 bits per heavy atom. The fraction of sp³-hybridized carbons (Fsp3) is 0.467. The fourth-order valence-corrected chi connectivity index (χ4v) is 2.53. The average molecular weight is 346 g/mol. The lowest BCUT2D eigenvalue weighted by Gasteiger charge is -2.22. The van der Waals surface area contributed by atoms with Gasteiger partial charge in [-0.3, -0.25) is 9.59 Å². The largest absolute Gasteiger partial charge is 0.573 e. The van der Waals surface area contributed by atoms with Crippen molar-refractivity contribution >= 4 is 11.8 Å². The number of alkyl halides is 3. The van der Waals surface area contributed by atoms with Crippen LogP contribution in [-0.2, 0) is 16.1 Å². The van der Waals surface area contributed by atoms with Gasteiger partial charge in [0.1, 0.15) is 11.8 Å². The summed E-state index contributed by atoms with van der Waals surface area (Å²) in [5.74, 6) is -1.07. The van der Waals surface area contributed by atoms with Crippen LogP contribution < -0.4 is 10.1 Å². The van der Waals surface area contributed by atoms with E-state index in [-0.39, 0.29) is 31.2 Å². The van der Waals surface area contributed by atoms with Crippen LogP contribution >= 0.6 is 0 Å². The third-order valence-corrected chi connectivity index (χ3v) is 3.61. The summed E-state index contributed by atoms with van der Waals surface area (Å²) in [6, 6.07) is 4.35. The molecule has 0 aliphatic carbocycles. The lowest BCUT2D eigenvalue weighted by atomic mass is 10.1. The van der Waals surface area contributed by atoms with Gasteiger partial charge in [-0.15, -0.1) is 13.2 Å². The number of ether oxygens (including phenoxy) is 1. The molecule has 0 bridgehead atoms. The minimum absolute atomic E-state index is 0.0868. The third-order valence-electron chi connectivity index (χ3n) is 3.61. The van der Waals surface area contributed by atoms with E-state index in [4.69, 9.17) is 0 Å². The first kappa shape index (κ1) is 18.1. The zero-order chi connectivity index (χ0) is 17.9. The number of aliphatic hydroxyl groups excluding tert-OH is 1. The van der Waals surface area contributed by atoms with E-state index < -0.39 is 24.4 Å². The van der Waals surface area contributed by atoms with Gasteiger partial charge in [-0.05, 0) is 17.7 Å². The second-order valence-corrected chi connectivity index (χ2v) is 5.49. The standard InChI is InChI=1S/C15H17F3N2O4/c1-9(21)20-8-11(22)6-13(20)14(23)19-7-10-2-4-12(5-3-10)24-15(16,17)18/h2-5,11,13,22H,6-8H2,1H3,(H,19,23)/t11-,13-/m1/s1. The van der Waals surface area contributed by atoms with Crippen LogP contribution in [0.15, 0.2) is 24.3 Å². The molecule has 0 saturated carbocycles. The fourth-order valence-electron chi connectivity index (χ4n) is 2.53. The number of carbonyl (C=O) groups excluding carboxylic acids is 2. The van der Waals surface area contributed by atoms with Crippen LogP contribution in [0.25, 0.3) is 0 Å². The van der Waals surface area contributed by atoms with E-state index in [1.165, 1.54) is 24.0 Å². The molecule has 0 spiro atoms. The molecule has 0 unspecified atom stereocenters. The monoisotopic (exact) mass is 346 g/mol. The van der Waals surface area contributed by atoms with Crippen LogP contribution in [0.5, 0.6) is 5.75 Å². The molecule has 9 heteroatoms. The van der Waals surface area contributed by atoms with Gasteiger partial charge in [-0.1, -0.05) is 12.1 Å². The molecular formula is C15H17F3N2O4. The van der Waals surface area contributed by atoms with Gasteiger partial charge < -0.3 is 20.1 Å². The Bertz CT molecular complexity index is 604. The molecule has 1 aliphatic heterocycles. The summed E-state index contributed by atoms with van der Waals surface area (Å²) in [5, 5.41) is 12.2. The van der Waals surface area contributed by atoms with E-state index in [1.807, 2.05) is 0 Å². The number of hydrogen-bond donors (Lipinski definition) is 2. The Labute approximate surface area is 136 Å². The molecule has 1 fully saturated rings. The Morgan fingerprint density at radius 3 is 2.50 bits per heavy atom. The van der Waals surface area contributed by atoms with Gasteiger partial charge in [0, 0.05) is 26.4 Å². The molecule has 0 aromatic heterocycles. The Morgan fingerprint density at radius 2 is 1.96 bits per heavy atom. The van der Waals surface area contributed by atoms with Gasteiger partial charge in [-0.25, -0.2) is 0 Å². The summed E-state index contributed by atoms with van der Waals surface area (Å²) in [6.45, 7) is 1.51. The average Bonchev–Trinajstić information content (AvgIpc) is 2.87. The van der Waals surface area contributed by atoms with Gasteiger partial charge >= 0.3 is 6.36 Å². The molecule has 24 heavy (non-hydrogen) atoms. The molecule has 0 radical (unpaired) electrons. The number of β-amino-alcohol motifs (C(OH)–C–C–N with tert-alkyl or cyclic N) is 1. The molecule has 1 aromatic carbocycles. The zero-order valence-electron chi connectivity index (χ0n) is 12.8. The number of likely N-dealkylation sites (tertiary alicyclic amines) is 1. The van der Waals surface area contributed by atoms with E-state index in [2.05, 4.69) is 10.1 Å². The number of rotatable bonds is 4. The second-order valence-electron chi connectivity index (χ2n) is 5.49. The van der Waals surface area contributed by atoms with Gasteiger partial charge in [0.15, 0.2) is 0 Å². The lowest BCUT2D eigenvalue weighted by molar-refractivity contribution is -0.274. The number of nitrogens with one attached hydrogen (secondary N) is 1. The Hall–Kier alpha value is -2.29. The van der Waals surface area contributed by atoms with E-state index in [0.29, 0.717) is 5.56 Å². The van der Waals surface area contributed by atoms with Crippen LogP contribution in [0.1, 0.15) is 18.9 Å². The van der Waals surface area contributed by atoms with E-state index in [0.717, 1.165) is 12.1 Å². The molecule has 1 aromatic rings. The molecule has 1 heterocycles. The maximum atomic E-state index is 12.1. The summed E-state index contributed by atoms with van der Waals surface area (Å²) in [5.41, 5.74) is 0.575. The second kappa shape index (κ2) is 7.08. The van der Waals surface area contributed by atoms with Gasteiger partial charge in [0.25, 0.3) is 0 Å². The Balaban J connectivity index is 1.91. The van der Waals surface area contributed by atoms with Gasteiger partial charge in [0.2, 0.25) is 11.8 Å². The minimum Gasteiger partial charge on any atom is -0.406 e. The minimum atomic E-state index is -4.75. The van der Waals surface area contributed by atoms with Crippen molar-refractivity contribution in [2.75, 3.05) is 6.54 Å². The topological polar surface area (TPSA) is 78.9 Å². The maximum Gasteiger partial charge on any atom is 0.573 e. The third kappa shape index (κ3) is 4.85. The van der Waals surface area contributed by atoms with Crippen molar-refractivity contribution < 1.29 is 32.6 Å². The first-order valence-electron chi connectivity index (χ1n) is 7.23. The number of hydrogen-bond acceptors (Lipinski definition) is 4. The van der Waals surface area contributed by atoms with Crippen LogP contribution in [0.4, 0.5) is 13.2 Å². The number of aliphatic hydroxyl groups is 1. The SMILES string of the molecule is CC(=O)N1C[C@H](O)C[C@@H]1C(=O)NCc1ccc(OC(F)(F)F)cc1. The molecule has 2 N–H and O–H groups in total. The molecule has 2 amide bonds. The number of carbonyl (C=O) groups is 2. The number of amides is 2. The Kier molecular flexibility index (Phi) is 5.33. The summed E-state index contributed by atoms with van der Waals surface area (Å²) in [7, 11) is 0. The lowest BCUT2D eigenvalue weighted by Crippen LogP contribution is -2.44. The highest BCUT2D eigenvalue weighted by Crippen LogP contribution is 2.23. The first-order valence-corrected chi connectivity index (χ1v) is 7.23.